The minimum atomic E-state index is -0.00353. The number of nitrogens with zero attached hydrogens (tertiary/aromatic N) is 1. The third-order valence-electron chi connectivity index (χ3n) is 5.30. The predicted molar refractivity (Wildman–Crippen MR) is 73.4 cm³/mol. The van der Waals surface area contributed by atoms with Crippen molar-refractivity contribution in [2.75, 3.05) is 18.8 Å². The fraction of sp³-hybridized carbons (Fsp3) is 1.00. The minimum Gasteiger partial charge on any atom is -0.391 e. The highest BCUT2D eigenvalue weighted by molar-refractivity contribution is 7.80. The van der Waals surface area contributed by atoms with E-state index in [0.717, 1.165) is 17.6 Å². The van der Waals surface area contributed by atoms with Crippen LogP contribution in [0.2, 0.25) is 0 Å². The Morgan fingerprint density at radius 1 is 1.06 bits per heavy atom. The van der Waals surface area contributed by atoms with Crippen LogP contribution in [0.25, 0.3) is 0 Å². The Morgan fingerprint density at radius 2 is 1.88 bits per heavy atom. The fourth-order valence-electron chi connectivity index (χ4n) is 4.57. The molecule has 0 amide bonds. The lowest BCUT2D eigenvalue weighted by molar-refractivity contribution is 0.0505. The van der Waals surface area contributed by atoms with Gasteiger partial charge in [0.25, 0.3) is 0 Å². The van der Waals surface area contributed by atoms with Crippen LogP contribution < -0.4 is 0 Å². The zero-order valence-electron chi connectivity index (χ0n) is 10.6. The summed E-state index contributed by atoms with van der Waals surface area (Å²) in [5.41, 5.74) is 0. The molecule has 0 aromatic heterocycles. The molecular weight excluding hydrogens is 230 g/mol. The first-order valence-corrected chi connectivity index (χ1v) is 7.97. The van der Waals surface area contributed by atoms with Gasteiger partial charge >= 0.3 is 0 Å². The number of aliphatic hydroxyl groups excluding tert-OH is 1. The molecule has 3 fully saturated rings. The molecule has 2 saturated carbocycles. The maximum Gasteiger partial charge on any atom is 0.0726 e. The van der Waals surface area contributed by atoms with Crippen molar-refractivity contribution < 1.29 is 5.11 Å². The van der Waals surface area contributed by atoms with Crippen LogP contribution in [0.3, 0.4) is 0 Å². The molecule has 0 spiro atoms. The van der Waals surface area contributed by atoms with E-state index in [9.17, 15) is 5.11 Å². The van der Waals surface area contributed by atoms with E-state index in [4.69, 9.17) is 0 Å². The van der Waals surface area contributed by atoms with Gasteiger partial charge in [-0.1, -0.05) is 12.8 Å². The molecule has 5 unspecified atom stereocenters. The van der Waals surface area contributed by atoms with E-state index in [2.05, 4.69) is 17.5 Å². The molecule has 2 aliphatic carbocycles. The van der Waals surface area contributed by atoms with Crippen LogP contribution in [-0.4, -0.2) is 41.0 Å². The van der Waals surface area contributed by atoms with Crippen LogP contribution in [0.1, 0.15) is 38.5 Å². The zero-order chi connectivity index (χ0) is 11.8. The number of aliphatic hydroxyl groups is 1. The zero-order valence-corrected chi connectivity index (χ0v) is 11.5. The Hall–Kier alpha value is 0.270. The molecular formula is C14H25NOS. The van der Waals surface area contributed by atoms with Crippen molar-refractivity contribution in [1.82, 2.24) is 4.90 Å². The normalized spacial score (nSPS) is 43.8. The van der Waals surface area contributed by atoms with E-state index in [-0.39, 0.29) is 6.10 Å². The molecule has 98 valence electrons. The molecule has 2 nitrogen and oxygen atoms in total. The van der Waals surface area contributed by atoms with Crippen LogP contribution in [-0.2, 0) is 0 Å². The van der Waals surface area contributed by atoms with Crippen molar-refractivity contribution in [3.8, 4) is 0 Å². The van der Waals surface area contributed by atoms with Gasteiger partial charge in [-0.15, -0.1) is 0 Å². The van der Waals surface area contributed by atoms with Gasteiger partial charge in [-0.3, -0.25) is 4.90 Å². The molecule has 3 aliphatic rings. The highest BCUT2D eigenvalue weighted by Crippen LogP contribution is 2.54. The summed E-state index contributed by atoms with van der Waals surface area (Å²) in [6, 6.07) is 0.531. The molecule has 5 atom stereocenters. The number of hydrogen-bond acceptors (Lipinski definition) is 3. The van der Waals surface area contributed by atoms with Gasteiger partial charge in [0, 0.05) is 12.6 Å². The molecule has 1 heterocycles. The highest BCUT2D eigenvalue weighted by atomic mass is 32.1. The quantitative estimate of drug-likeness (QED) is 0.561. The third kappa shape index (κ3) is 2.15. The van der Waals surface area contributed by atoms with Gasteiger partial charge in [0.2, 0.25) is 0 Å². The average Bonchev–Trinajstić information content (AvgIpc) is 2.90. The predicted octanol–water partition coefficient (Wildman–Crippen LogP) is 2.18. The smallest absolute Gasteiger partial charge is 0.0726 e. The van der Waals surface area contributed by atoms with Crippen molar-refractivity contribution in [1.29, 1.82) is 0 Å². The Labute approximate surface area is 110 Å². The number of likely N-dealkylation sites (tertiary alicyclic amines) is 1. The number of thiol groups is 1. The Balaban J connectivity index is 1.46. The van der Waals surface area contributed by atoms with Crippen LogP contribution in [0.4, 0.5) is 0 Å². The Kier molecular flexibility index (Phi) is 3.69. The minimum absolute atomic E-state index is 0.00353. The topological polar surface area (TPSA) is 23.5 Å². The number of fused-ring (bicyclic) bond motifs is 1. The molecule has 1 aliphatic heterocycles. The lowest BCUT2D eigenvalue weighted by Crippen LogP contribution is -2.41. The Morgan fingerprint density at radius 3 is 2.65 bits per heavy atom. The maximum absolute atomic E-state index is 10.3. The Bertz CT molecular complexity index is 271. The third-order valence-corrected chi connectivity index (χ3v) is 5.62. The lowest BCUT2D eigenvalue weighted by atomic mass is 9.88. The van der Waals surface area contributed by atoms with Crippen LogP contribution in [0.15, 0.2) is 0 Å². The number of rotatable bonds is 6. The summed E-state index contributed by atoms with van der Waals surface area (Å²) in [5, 5.41) is 10.3. The second-order valence-electron chi connectivity index (χ2n) is 6.27. The van der Waals surface area contributed by atoms with Gasteiger partial charge in [0.1, 0.15) is 0 Å². The summed E-state index contributed by atoms with van der Waals surface area (Å²) in [4.78, 5) is 2.60. The second kappa shape index (κ2) is 5.10. The largest absolute Gasteiger partial charge is 0.391 e. The van der Waals surface area contributed by atoms with E-state index in [0.29, 0.717) is 12.0 Å². The number of hydrogen-bond donors (Lipinski definition) is 2. The van der Waals surface area contributed by atoms with Gasteiger partial charge in [-0.25, -0.2) is 0 Å². The first-order valence-electron chi connectivity index (χ1n) is 7.34. The number of unbranched alkanes of at least 4 members (excludes halogenated alkanes) is 3. The van der Waals surface area contributed by atoms with E-state index >= 15 is 0 Å². The molecule has 1 N–H and O–H groups in total. The van der Waals surface area contributed by atoms with E-state index in [1.807, 2.05) is 0 Å². The maximum atomic E-state index is 10.3. The molecule has 0 aromatic carbocycles. The van der Waals surface area contributed by atoms with Gasteiger partial charge in [0.15, 0.2) is 0 Å². The highest BCUT2D eigenvalue weighted by Gasteiger charge is 2.58. The summed E-state index contributed by atoms with van der Waals surface area (Å²) in [5.74, 6) is 3.43. The van der Waals surface area contributed by atoms with Crippen LogP contribution >= 0.6 is 12.6 Å². The molecule has 17 heavy (non-hydrogen) atoms. The monoisotopic (exact) mass is 255 g/mol. The first kappa shape index (κ1) is 12.3. The fourth-order valence-corrected chi connectivity index (χ4v) is 4.80. The molecule has 0 aromatic rings. The van der Waals surface area contributed by atoms with Crippen molar-refractivity contribution >= 4 is 12.6 Å². The van der Waals surface area contributed by atoms with E-state index in [1.165, 1.54) is 51.6 Å². The average molecular weight is 255 g/mol. The van der Waals surface area contributed by atoms with Gasteiger partial charge < -0.3 is 5.11 Å². The second-order valence-corrected chi connectivity index (χ2v) is 6.72. The lowest BCUT2D eigenvalue weighted by Gasteiger charge is -2.28. The van der Waals surface area contributed by atoms with E-state index in [1.54, 1.807) is 0 Å². The van der Waals surface area contributed by atoms with Crippen molar-refractivity contribution in [3.63, 3.8) is 0 Å². The van der Waals surface area contributed by atoms with Crippen molar-refractivity contribution in [3.05, 3.63) is 0 Å². The summed E-state index contributed by atoms with van der Waals surface area (Å²) in [6.45, 7) is 2.49. The van der Waals surface area contributed by atoms with Crippen molar-refractivity contribution in [2.24, 2.45) is 17.8 Å². The summed E-state index contributed by atoms with van der Waals surface area (Å²) in [7, 11) is 0. The van der Waals surface area contributed by atoms with Crippen LogP contribution in [0, 0.1) is 17.8 Å². The van der Waals surface area contributed by atoms with Gasteiger partial charge in [-0.05, 0) is 55.7 Å². The van der Waals surface area contributed by atoms with Gasteiger partial charge in [0.05, 0.1) is 6.10 Å². The summed E-state index contributed by atoms with van der Waals surface area (Å²) >= 11 is 4.25. The van der Waals surface area contributed by atoms with E-state index < -0.39 is 0 Å². The molecule has 1 saturated heterocycles. The first-order chi connectivity index (χ1) is 8.31. The molecule has 0 radical (unpaired) electrons. The van der Waals surface area contributed by atoms with Crippen molar-refractivity contribution in [2.45, 2.75) is 50.7 Å². The SMILES string of the molecule is OC1C2CC3CN(CCCCCCS)C1C3C2. The van der Waals surface area contributed by atoms with Crippen LogP contribution in [0.5, 0.6) is 0 Å². The molecule has 3 heteroatoms. The molecule has 3 rings (SSSR count). The summed E-state index contributed by atoms with van der Waals surface area (Å²) < 4.78 is 0. The summed E-state index contributed by atoms with van der Waals surface area (Å²) in [6.07, 6.45) is 7.82. The standard InChI is InChI=1S/C14H25NOS/c16-14-10-7-11-9-15(13(14)12(11)8-10)5-3-1-2-4-6-17/h10-14,16-17H,1-9H2. The molecule has 2 bridgehead atoms. The van der Waals surface area contributed by atoms with Gasteiger partial charge in [-0.2, -0.15) is 12.6 Å².